The molecule has 0 saturated carbocycles. The van der Waals surface area contributed by atoms with Gasteiger partial charge in [0.05, 0.1) is 24.4 Å². The average Bonchev–Trinajstić information content (AvgIpc) is 2.78. The third kappa shape index (κ3) is 1.97. The first kappa shape index (κ1) is 10.5. The fraction of sp³-hybridized carbons (Fsp3) is 0.154. The third-order valence-corrected chi connectivity index (χ3v) is 2.39. The first-order valence-corrected chi connectivity index (χ1v) is 5.06. The summed E-state index contributed by atoms with van der Waals surface area (Å²) in [4.78, 5) is 0. The van der Waals surface area contributed by atoms with Gasteiger partial charge in [-0.15, -0.1) is 0 Å². The van der Waals surface area contributed by atoms with Crippen LogP contribution in [0.3, 0.4) is 0 Å². The SMILES string of the molecule is CNCc1occc1-c1cccc(C#N)c1. The number of hydrogen-bond donors (Lipinski definition) is 1. The van der Waals surface area contributed by atoms with E-state index in [0.29, 0.717) is 12.1 Å². The van der Waals surface area contributed by atoms with Gasteiger partial charge in [-0.2, -0.15) is 5.26 Å². The van der Waals surface area contributed by atoms with Crippen LogP contribution in [0.2, 0.25) is 0 Å². The minimum absolute atomic E-state index is 0.661. The van der Waals surface area contributed by atoms with E-state index in [2.05, 4.69) is 11.4 Å². The van der Waals surface area contributed by atoms with Gasteiger partial charge in [-0.3, -0.25) is 0 Å². The molecule has 2 aromatic rings. The standard InChI is InChI=1S/C13H12N2O/c1-15-9-13-12(5-6-16-13)11-4-2-3-10(7-11)8-14/h2-7,15H,9H2,1H3. The van der Waals surface area contributed by atoms with E-state index in [9.17, 15) is 0 Å². The van der Waals surface area contributed by atoms with Gasteiger partial charge in [0.15, 0.2) is 0 Å². The average molecular weight is 212 g/mol. The van der Waals surface area contributed by atoms with E-state index in [1.807, 2.05) is 31.3 Å². The highest BCUT2D eigenvalue weighted by Crippen LogP contribution is 2.25. The summed E-state index contributed by atoms with van der Waals surface area (Å²) in [5, 5.41) is 11.9. The van der Waals surface area contributed by atoms with Gasteiger partial charge in [0.2, 0.25) is 0 Å². The van der Waals surface area contributed by atoms with Crippen LogP contribution in [0.5, 0.6) is 0 Å². The van der Waals surface area contributed by atoms with Crippen LogP contribution in [0.1, 0.15) is 11.3 Å². The Bertz CT molecular complexity index is 523. The highest BCUT2D eigenvalue weighted by atomic mass is 16.3. The van der Waals surface area contributed by atoms with Crippen molar-refractivity contribution in [3.8, 4) is 17.2 Å². The topological polar surface area (TPSA) is 49.0 Å². The Balaban J connectivity index is 2.42. The number of nitrogens with one attached hydrogen (secondary N) is 1. The summed E-state index contributed by atoms with van der Waals surface area (Å²) in [6.45, 7) is 0.680. The molecule has 16 heavy (non-hydrogen) atoms. The van der Waals surface area contributed by atoms with Gasteiger partial charge in [-0.25, -0.2) is 0 Å². The Morgan fingerprint density at radius 2 is 2.25 bits per heavy atom. The van der Waals surface area contributed by atoms with Gasteiger partial charge < -0.3 is 9.73 Å². The number of furan rings is 1. The van der Waals surface area contributed by atoms with Crippen molar-refractivity contribution in [3.63, 3.8) is 0 Å². The summed E-state index contributed by atoms with van der Waals surface area (Å²) in [6, 6.07) is 11.6. The molecule has 0 atom stereocenters. The van der Waals surface area contributed by atoms with Crippen LogP contribution in [0.4, 0.5) is 0 Å². The van der Waals surface area contributed by atoms with Crippen LogP contribution in [-0.2, 0) is 6.54 Å². The largest absolute Gasteiger partial charge is 0.467 e. The molecular weight excluding hydrogens is 200 g/mol. The van der Waals surface area contributed by atoms with Crippen molar-refractivity contribution in [3.05, 3.63) is 47.9 Å². The smallest absolute Gasteiger partial charge is 0.125 e. The van der Waals surface area contributed by atoms with Crippen LogP contribution in [-0.4, -0.2) is 7.05 Å². The Morgan fingerprint density at radius 1 is 1.38 bits per heavy atom. The molecule has 0 spiro atoms. The maximum absolute atomic E-state index is 8.85. The molecule has 1 heterocycles. The van der Waals surface area contributed by atoms with Crippen LogP contribution < -0.4 is 5.32 Å². The summed E-state index contributed by atoms with van der Waals surface area (Å²) < 4.78 is 5.39. The Hall–Kier alpha value is -2.05. The number of nitriles is 1. The number of benzene rings is 1. The van der Waals surface area contributed by atoms with E-state index in [-0.39, 0.29) is 0 Å². The lowest BCUT2D eigenvalue weighted by Crippen LogP contribution is -2.04. The molecule has 1 aromatic carbocycles. The minimum atomic E-state index is 0.661. The summed E-state index contributed by atoms with van der Waals surface area (Å²) in [5.41, 5.74) is 2.71. The number of rotatable bonds is 3. The second-order valence-corrected chi connectivity index (χ2v) is 3.48. The summed E-state index contributed by atoms with van der Waals surface area (Å²) in [6.07, 6.45) is 1.67. The van der Waals surface area contributed by atoms with Gasteiger partial charge in [0, 0.05) is 5.56 Å². The first-order chi connectivity index (χ1) is 7.85. The molecule has 0 fully saturated rings. The fourth-order valence-electron chi connectivity index (χ4n) is 1.65. The zero-order valence-electron chi connectivity index (χ0n) is 9.03. The predicted octanol–water partition coefficient (Wildman–Crippen LogP) is 2.54. The second-order valence-electron chi connectivity index (χ2n) is 3.48. The van der Waals surface area contributed by atoms with Crippen molar-refractivity contribution in [2.24, 2.45) is 0 Å². The molecular formula is C13H12N2O. The first-order valence-electron chi connectivity index (χ1n) is 5.06. The van der Waals surface area contributed by atoms with Gasteiger partial charge in [0.1, 0.15) is 5.76 Å². The van der Waals surface area contributed by atoms with Crippen molar-refractivity contribution >= 4 is 0 Å². The van der Waals surface area contributed by atoms with Crippen molar-refractivity contribution in [2.75, 3.05) is 7.05 Å². The Morgan fingerprint density at radius 3 is 3.00 bits per heavy atom. The molecule has 0 bridgehead atoms. The molecule has 0 aliphatic rings. The summed E-state index contributed by atoms with van der Waals surface area (Å²) in [5.74, 6) is 0.887. The van der Waals surface area contributed by atoms with E-state index in [4.69, 9.17) is 9.68 Å². The second kappa shape index (κ2) is 4.65. The van der Waals surface area contributed by atoms with E-state index in [1.165, 1.54) is 0 Å². The van der Waals surface area contributed by atoms with Crippen molar-refractivity contribution in [2.45, 2.75) is 6.54 Å². The van der Waals surface area contributed by atoms with Gasteiger partial charge in [0.25, 0.3) is 0 Å². The molecule has 3 heteroatoms. The van der Waals surface area contributed by atoms with Crippen LogP contribution in [0.15, 0.2) is 41.0 Å². The lowest BCUT2D eigenvalue weighted by Gasteiger charge is -2.02. The highest BCUT2D eigenvalue weighted by molar-refractivity contribution is 5.66. The lowest BCUT2D eigenvalue weighted by molar-refractivity contribution is 0.497. The highest BCUT2D eigenvalue weighted by Gasteiger charge is 2.07. The lowest BCUT2D eigenvalue weighted by atomic mass is 10.0. The van der Waals surface area contributed by atoms with E-state index < -0.39 is 0 Å². The van der Waals surface area contributed by atoms with Crippen molar-refractivity contribution in [1.29, 1.82) is 5.26 Å². The molecule has 0 aliphatic heterocycles. The monoisotopic (exact) mass is 212 g/mol. The summed E-state index contributed by atoms with van der Waals surface area (Å²) in [7, 11) is 1.87. The van der Waals surface area contributed by atoms with Crippen molar-refractivity contribution in [1.82, 2.24) is 5.32 Å². The fourth-order valence-corrected chi connectivity index (χ4v) is 1.65. The third-order valence-electron chi connectivity index (χ3n) is 2.39. The van der Waals surface area contributed by atoms with E-state index in [0.717, 1.165) is 16.9 Å². The molecule has 0 aliphatic carbocycles. The number of nitrogens with zero attached hydrogens (tertiary/aromatic N) is 1. The summed E-state index contributed by atoms with van der Waals surface area (Å²) >= 11 is 0. The van der Waals surface area contributed by atoms with Gasteiger partial charge >= 0.3 is 0 Å². The van der Waals surface area contributed by atoms with E-state index >= 15 is 0 Å². The normalized spacial score (nSPS) is 10.0. The molecule has 1 N–H and O–H groups in total. The van der Waals surface area contributed by atoms with Crippen LogP contribution >= 0.6 is 0 Å². The van der Waals surface area contributed by atoms with Crippen LogP contribution in [0.25, 0.3) is 11.1 Å². The maximum Gasteiger partial charge on any atom is 0.125 e. The minimum Gasteiger partial charge on any atom is -0.467 e. The Kier molecular flexibility index (Phi) is 3.04. The Labute approximate surface area is 94.3 Å². The van der Waals surface area contributed by atoms with Crippen LogP contribution in [0, 0.1) is 11.3 Å². The number of hydrogen-bond acceptors (Lipinski definition) is 3. The molecule has 3 nitrogen and oxygen atoms in total. The van der Waals surface area contributed by atoms with Crippen molar-refractivity contribution < 1.29 is 4.42 Å². The molecule has 80 valence electrons. The quantitative estimate of drug-likeness (QED) is 0.850. The zero-order chi connectivity index (χ0) is 11.4. The molecule has 0 radical (unpaired) electrons. The molecule has 1 aromatic heterocycles. The zero-order valence-corrected chi connectivity index (χ0v) is 9.03. The molecule has 0 amide bonds. The van der Waals surface area contributed by atoms with Gasteiger partial charge in [-0.1, -0.05) is 12.1 Å². The van der Waals surface area contributed by atoms with Gasteiger partial charge in [-0.05, 0) is 30.8 Å². The predicted molar refractivity (Wildman–Crippen MR) is 61.6 cm³/mol. The molecule has 0 unspecified atom stereocenters. The molecule has 2 rings (SSSR count). The molecule has 0 saturated heterocycles. The maximum atomic E-state index is 8.85. The van der Waals surface area contributed by atoms with E-state index in [1.54, 1.807) is 12.3 Å².